The number of benzene rings is 2. The van der Waals surface area contributed by atoms with Gasteiger partial charge < -0.3 is 0 Å². The predicted octanol–water partition coefficient (Wildman–Crippen LogP) is 5.11. The van der Waals surface area contributed by atoms with Crippen LogP contribution in [0.2, 0.25) is 0 Å². The normalized spacial score (nSPS) is 11.8. The van der Waals surface area contributed by atoms with Gasteiger partial charge in [0.15, 0.2) is 0 Å². The van der Waals surface area contributed by atoms with Crippen molar-refractivity contribution in [2.24, 2.45) is 0 Å². The van der Waals surface area contributed by atoms with Crippen LogP contribution >= 0.6 is 0 Å². The van der Waals surface area contributed by atoms with E-state index in [1.54, 1.807) is 67.0 Å². The molecule has 0 atom stereocenters. The Balaban J connectivity index is 2.13. The van der Waals surface area contributed by atoms with Crippen LogP contribution in [-0.2, 0) is 6.18 Å². The molecule has 3 nitrogen and oxygen atoms in total. The summed E-state index contributed by atoms with van der Waals surface area (Å²) < 4.78 is 42.0. The van der Waals surface area contributed by atoms with Crippen LogP contribution in [0.25, 0.3) is 27.8 Å². The summed E-state index contributed by atoms with van der Waals surface area (Å²) in [5.41, 5.74) is 2.50. The van der Waals surface area contributed by atoms with E-state index < -0.39 is 12.0 Å². The van der Waals surface area contributed by atoms with Crippen molar-refractivity contribution in [2.75, 3.05) is 0 Å². The number of hydrogen-bond donors (Lipinski definition) is 0. The number of alkyl halides is 3. The number of aromatic nitrogens is 3. The van der Waals surface area contributed by atoms with Gasteiger partial charge in [0.25, 0.3) is 0 Å². The van der Waals surface area contributed by atoms with E-state index in [-0.39, 0.29) is 5.52 Å². The lowest BCUT2D eigenvalue weighted by Gasteiger charge is -2.13. The lowest BCUT2D eigenvalue weighted by Crippen LogP contribution is -2.14. The Kier molecular flexibility index (Phi) is 3.53. The highest BCUT2D eigenvalue weighted by molar-refractivity contribution is 5.93. The molecule has 4 aromatic rings. The number of nitrogens with zero attached hydrogens (tertiary/aromatic N) is 3. The zero-order valence-electron chi connectivity index (χ0n) is 12.9. The van der Waals surface area contributed by atoms with Crippen LogP contribution in [0, 0.1) is 0 Å². The van der Waals surface area contributed by atoms with Gasteiger partial charge in [0.2, 0.25) is 5.82 Å². The third-order valence-electron chi connectivity index (χ3n) is 3.92. The van der Waals surface area contributed by atoms with Gasteiger partial charge in [-0.3, -0.25) is 9.55 Å². The monoisotopic (exact) mass is 339 g/mol. The first-order valence-electron chi connectivity index (χ1n) is 7.60. The molecule has 2 aromatic heterocycles. The van der Waals surface area contributed by atoms with E-state index in [9.17, 15) is 13.2 Å². The second kappa shape index (κ2) is 5.73. The van der Waals surface area contributed by atoms with E-state index in [0.717, 1.165) is 10.1 Å². The van der Waals surface area contributed by atoms with Crippen LogP contribution < -0.4 is 0 Å². The summed E-state index contributed by atoms with van der Waals surface area (Å²) in [7, 11) is 0. The molecule has 0 aliphatic rings. The largest absolute Gasteiger partial charge is 0.450 e. The number of para-hydroxylation sites is 2. The van der Waals surface area contributed by atoms with Crippen molar-refractivity contribution < 1.29 is 13.2 Å². The quantitative estimate of drug-likeness (QED) is 0.508. The molecule has 0 saturated heterocycles. The molecule has 0 N–H and O–H groups in total. The highest BCUT2D eigenvalue weighted by atomic mass is 19.4. The van der Waals surface area contributed by atoms with Crippen molar-refractivity contribution in [3.05, 3.63) is 78.9 Å². The number of fused-ring (bicyclic) bond motifs is 1. The van der Waals surface area contributed by atoms with Crippen molar-refractivity contribution in [1.82, 2.24) is 14.5 Å². The first-order chi connectivity index (χ1) is 12.1. The van der Waals surface area contributed by atoms with Crippen molar-refractivity contribution in [3.8, 4) is 16.8 Å². The van der Waals surface area contributed by atoms with Gasteiger partial charge in [0.1, 0.15) is 0 Å². The van der Waals surface area contributed by atoms with Crippen LogP contribution in [0.15, 0.2) is 73.1 Å². The molecule has 0 unspecified atom stereocenters. The molecular formula is C19H12F3N3. The minimum atomic E-state index is -4.57. The maximum Gasteiger partial charge on any atom is 0.450 e. The second-order valence-electron chi connectivity index (χ2n) is 5.52. The van der Waals surface area contributed by atoms with E-state index >= 15 is 0 Å². The molecule has 2 heterocycles. The average molecular weight is 339 g/mol. The fourth-order valence-electron chi connectivity index (χ4n) is 2.90. The van der Waals surface area contributed by atoms with Crippen LogP contribution in [-0.4, -0.2) is 14.5 Å². The van der Waals surface area contributed by atoms with Gasteiger partial charge in [-0.25, -0.2) is 4.98 Å². The predicted molar refractivity (Wildman–Crippen MR) is 89.3 cm³/mol. The van der Waals surface area contributed by atoms with E-state index in [0.29, 0.717) is 16.8 Å². The molecule has 0 fully saturated rings. The van der Waals surface area contributed by atoms with Gasteiger partial charge in [-0.05, 0) is 24.3 Å². The summed E-state index contributed by atoms with van der Waals surface area (Å²) in [6.07, 6.45) is -1.31. The van der Waals surface area contributed by atoms with Crippen LogP contribution in [0.1, 0.15) is 5.82 Å². The van der Waals surface area contributed by atoms with Gasteiger partial charge >= 0.3 is 6.18 Å². The molecular weight excluding hydrogens is 327 g/mol. The zero-order valence-corrected chi connectivity index (χ0v) is 12.9. The number of imidazole rings is 1. The fraction of sp³-hybridized carbons (Fsp3) is 0.0526. The number of pyridine rings is 1. The number of rotatable bonds is 2. The van der Waals surface area contributed by atoms with Gasteiger partial charge in [0.05, 0.1) is 11.0 Å². The molecule has 0 radical (unpaired) electrons. The molecule has 25 heavy (non-hydrogen) atoms. The molecule has 0 aliphatic heterocycles. The van der Waals surface area contributed by atoms with Crippen molar-refractivity contribution in [2.45, 2.75) is 6.18 Å². The lowest BCUT2D eigenvalue weighted by molar-refractivity contribution is -0.145. The van der Waals surface area contributed by atoms with Gasteiger partial charge in [-0.15, -0.1) is 0 Å². The SMILES string of the molecule is FC(F)(F)c1nc2cccc(-c3cccnc3)c2n1-c1ccccc1. The van der Waals surface area contributed by atoms with Gasteiger partial charge in [0, 0.05) is 29.2 Å². The molecule has 0 spiro atoms. The lowest BCUT2D eigenvalue weighted by atomic mass is 10.1. The maximum absolute atomic E-state index is 13.6. The molecule has 2 aromatic carbocycles. The van der Waals surface area contributed by atoms with E-state index in [1.165, 1.54) is 0 Å². The van der Waals surface area contributed by atoms with Crippen molar-refractivity contribution in [1.29, 1.82) is 0 Å². The third kappa shape index (κ3) is 2.65. The zero-order chi connectivity index (χ0) is 17.4. The highest BCUT2D eigenvalue weighted by Gasteiger charge is 2.38. The second-order valence-corrected chi connectivity index (χ2v) is 5.52. The molecule has 4 rings (SSSR count). The summed E-state index contributed by atoms with van der Waals surface area (Å²) in [6.45, 7) is 0. The summed E-state index contributed by atoms with van der Waals surface area (Å²) in [5.74, 6) is -0.940. The van der Waals surface area contributed by atoms with Gasteiger partial charge in [-0.1, -0.05) is 36.4 Å². The van der Waals surface area contributed by atoms with Crippen molar-refractivity contribution >= 4 is 11.0 Å². The molecule has 0 saturated carbocycles. The Labute approximate surface area is 141 Å². The maximum atomic E-state index is 13.6. The molecule has 124 valence electrons. The standard InChI is InChI=1S/C19H12F3N3/c20-19(21,22)18-24-16-10-4-9-15(13-6-5-11-23-12-13)17(16)25(18)14-7-2-1-3-8-14/h1-12H. The summed E-state index contributed by atoms with van der Waals surface area (Å²) in [4.78, 5) is 7.94. The summed E-state index contributed by atoms with van der Waals surface area (Å²) >= 11 is 0. The first kappa shape index (κ1) is 15.4. The Morgan fingerprint density at radius 2 is 1.64 bits per heavy atom. The van der Waals surface area contributed by atoms with E-state index in [2.05, 4.69) is 9.97 Å². The number of hydrogen-bond acceptors (Lipinski definition) is 2. The molecule has 0 amide bonds. The third-order valence-corrected chi connectivity index (χ3v) is 3.92. The molecule has 6 heteroatoms. The molecule has 0 bridgehead atoms. The topological polar surface area (TPSA) is 30.7 Å². The Hall–Kier alpha value is -3.15. The Morgan fingerprint density at radius 3 is 2.32 bits per heavy atom. The summed E-state index contributed by atoms with van der Waals surface area (Å²) in [5, 5.41) is 0. The van der Waals surface area contributed by atoms with Crippen LogP contribution in [0.3, 0.4) is 0 Å². The number of halogens is 3. The smallest absolute Gasteiger partial charge is 0.288 e. The van der Waals surface area contributed by atoms with Crippen LogP contribution in [0.5, 0.6) is 0 Å². The Morgan fingerprint density at radius 1 is 0.840 bits per heavy atom. The van der Waals surface area contributed by atoms with E-state index in [4.69, 9.17) is 0 Å². The van der Waals surface area contributed by atoms with Crippen LogP contribution in [0.4, 0.5) is 13.2 Å². The average Bonchev–Trinajstić information content (AvgIpc) is 3.03. The van der Waals surface area contributed by atoms with E-state index in [1.807, 2.05) is 6.07 Å². The minimum absolute atomic E-state index is 0.289. The minimum Gasteiger partial charge on any atom is -0.288 e. The summed E-state index contributed by atoms with van der Waals surface area (Å²) in [6, 6.07) is 17.1. The first-order valence-corrected chi connectivity index (χ1v) is 7.60. The fourth-order valence-corrected chi connectivity index (χ4v) is 2.90. The molecule has 0 aliphatic carbocycles. The van der Waals surface area contributed by atoms with Gasteiger partial charge in [-0.2, -0.15) is 13.2 Å². The highest BCUT2D eigenvalue weighted by Crippen LogP contribution is 2.37. The Bertz CT molecular complexity index is 1020. The van der Waals surface area contributed by atoms with Crippen molar-refractivity contribution in [3.63, 3.8) is 0 Å².